The number of pyridine rings is 1. The molecule has 0 aliphatic carbocycles. The molecule has 25 heavy (non-hydrogen) atoms. The van der Waals surface area contributed by atoms with E-state index in [0.717, 1.165) is 28.8 Å². The quantitative estimate of drug-likeness (QED) is 0.349. The second-order valence-corrected chi connectivity index (χ2v) is 5.55. The molecule has 8 heteroatoms. The van der Waals surface area contributed by atoms with Gasteiger partial charge in [0.2, 0.25) is 0 Å². The molecule has 3 rings (SSSR count). The molecule has 0 radical (unpaired) electrons. The van der Waals surface area contributed by atoms with Crippen LogP contribution in [0.15, 0.2) is 36.7 Å². The van der Waals surface area contributed by atoms with Crippen LogP contribution in [0.1, 0.15) is 19.4 Å². The fourth-order valence-electron chi connectivity index (χ4n) is 2.28. The zero-order valence-electron chi connectivity index (χ0n) is 13.8. The SMILES string of the molecule is CC.O=[N+]([O-])c1ccc(Oc2ccnc3[nH]cc(CCBr)c23)c(F)c1. The zero-order valence-corrected chi connectivity index (χ0v) is 15.3. The first-order chi connectivity index (χ1) is 12.1. The minimum atomic E-state index is -0.790. The van der Waals surface area contributed by atoms with Crippen LogP contribution >= 0.6 is 15.9 Å². The van der Waals surface area contributed by atoms with Crippen LogP contribution in [0, 0.1) is 15.9 Å². The van der Waals surface area contributed by atoms with Crippen molar-refractivity contribution in [1.82, 2.24) is 9.97 Å². The highest BCUT2D eigenvalue weighted by Gasteiger charge is 2.15. The van der Waals surface area contributed by atoms with Crippen molar-refractivity contribution in [3.63, 3.8) is 0 Å². The summed E-state index contributed by atoms with van der Waals surface area (Å²) in [6, 6.07) is 4.92. The molecule has 0 saturated carbocycles. The lowest BCUT2D eigenvalue weighted by Crippen LogP contribution is -1.94. The van der Waals surface area contributed by atoms with E-state index in [4.69, 9.17) is 4.74 Å². The fourth-order valence-corrected chi connectivity index (χ4v) is 2.71. The van der Waals surface area contributed by atoms with Crippen molar-refractivity contribution in [3.8, 4) is 11.5 Å². The first-order valence-electron chi connectivity index (χ1n) is 7.73. The van der Waals surface area contributed by atoms with Crippen molar-refractivity contribution in [2.24, 2.45) is 0 Å². The summed E-state index contributed by atoms with van der Waals surface area (Å²) >= 11 is 3.38. The number of benzene rings is 1. The summed E-state index contributed by atoms with van der Waals surface area (Å²) < 4.78 is 19.6. The van der Waals surface area contributed by atoms with Crippen LogP contribution in [-0.2, 0) is 6.42 Å². The summed E-state index contributed by atoms with van der Waals surface area (Å²) in [6.07, 6.45) is 4.14. The zero-order chi connectivity index (χ0) is 18.4. The molecule has 2 heterocycles. The standard InChI is InChI=1S/C15H11BrFN3O3.C2H6/c16-5-3-9-8-19-15-14(9)13(4-6-18-15)23-12-2-1-10(20(21)22)7-11(12)17;1-2/h1-2,4,6-8H,3,5H2,(H,18,19);1-2H3. The van der Waals surface area contributed by atoms with E-state index in [1.54, 1.807) is 12.3 Å². The molecule has 132 valence electrons. The van der Waals surface area contributed by atoms with Gasteiger partial charge in [-0.3, -0.25) is 10.1 Å². The Labute approximate surface area is 152 Å². The van der Waals surface area contributed by atoms with Crippen molar-refractivity contribution < 1.29 is 14.1 Å². The number of nitrogens with one attached hydrogen (secondary N) is 1. The van der Waals surface area contributed by atoms with Gasteiger partial charge < -0.3 is 9.72 Å². The molecule has 0 amide bonds. The molecule has 0 aliphatic rings. The van der Waals surface area contributed by atoms with Crippen molar-refractivity contribution in [2.45, 2.75) is 20.3 Å². The monoisotopic (exact) mass is 409 g/mol. The predicted octanol–water partition coefficient (Wildman–Crippen LogP) is 5.37. The van der Waals surface area contributed by atoms with E-state index in [9.17, 15) is 14.5 Å². The van der Waals surface area contributed by atoms with E-state index in [1.165, 1.54) is 12.1 Å². The van der Waals surface area contributed by atoms with Crippen LogP contribution in [-0.4, -0.2) is 20.2 Å². The van der Waals surface area contributed by atoms with Gasteiger partial charge in [-0.1, -0.05) is 29.8 Å². The Bertz CT molecular complexity index is 883. The number of ether oxygens (including phenoxy) is 1. The van der Waals surface area contributed by atoms with Gasteiger partial charge in [0.15, 0.2) is 11.6 Å². The molecule has 0 spiro atoms. The maximum absolute atomic E-state index is 14.0. The largest absolute Gasteiger partial charge is 0.453 e. The molecule has 6 nitrogen and oxygen atoms in total. The first kappa shape index (κ1) is 18.9. The Hall–Kier alpha value is -2.48. The van der Waals surface area contributed by atoms with Gasteiger partial charge >= 0.3 is 0 Å². The number of non-ortho nitro benzene ring substituents is 1. The third-order valence-corrected chi connectivity index (χ3v) is 3.72. The van der Waals surface area contributed by atoms with Gasteiger partial charge in [0.05, 0.1) is 16.4 Å². The second-order valence-electron chi connectivity index (χ2n) is 4.76. The number of rotatable bonds is 5. The molecule has 0 unspecified atom stereocenters. The molecule has 1 N–H and O–H groups in total. The molecule has 0 aliphatic heterocycles. The molecule has 0 atom stereocenters. The molecular weight excluding hydrogens is 393 g/mol. The molecule has 0 fully saturated rings. The van der Waals surface area contributed by atoms with Crippen molar-refractivity contribution in [1.29, 1.82) is 0 Å². The van der Waals surface area contributed by atoms with Crippen LogP contribution in [0.5, 0.6) is 11.5 Å². The molecule has 0 bridgehead atoms. The topological polar surface area (TPSA) is 81.1 Å². The lowest BCUT2D eigenvalue weighted by atomic mass is 10.1. The van der Waals surface area contributed by atoms with E-state index in [1.807, 2.05) is 20.0 Å². The minimum absolute atomic E-state index is 0.0749. The normalized spacial score (nSPS) is 10.2. The van der Waals surface area contributed by atoms with E-state index in [0.29, 0.717) is 11.4 Å². The maximum Gasteiger partial charge on any atom is 0.272 e. The van der Waals surface area contributed by atoms with E-state index in [2.05, 4.69) is 25.9 Å². The number of nitro benzene ring substituents is 1. The molecule has 0 saturated heterocycles. The smallest absolute Gasteiger partial charge is 0.272 e. The van der Waals surface area contributed by atoms with Gasteiger partial charge in [0.25, 0.3) is 5.69 Å². The molecule has 3 aromatic rings. The Balaban J connectivity index is 0.00000109. The highest BCUT2D eigenvalue weighted by Crippen LogP contribution is 2.33. The number of aromatic amines is 1. The third-order valence-electron chi connectivity index (χ3n) is 3.33. The average molecular weight is 410 g/mol. The number of fused-ring (bicyclic) bond motifs is 1. The summed E-state index contributed by atoms with van der Waals surface area (Å²) in [7, 11) is 0. The number of aryl methyl sites for hydroxylation is 1. The molecular formula is C17H17BrFN3O3. The highest BCUT2D eigenvalue weighted by atomic mass is 79.9. The van der Waals surface area contributed by atoms with Crippen LogP contribution in [0.2, 0.25) is 0 Å². The number of hydrogen-bond acceptors (Lipinski definition) is 4. The number of halogens is 2. The van der Waals surface area contributed by atoms with Gasteiger partial charge in [-0.05, 0) is 24.1 Å². The lowest BCUT2D eigenvalue weighted by Gasteiger charge is -2.09. The van der Waals surface area contributed by atoms with Crippen molar-refractivity contribution >= 4 is 32.7 Å². The van der Waals surface area contributed by atoms with E-state index in [-0.39, 0.29) is 11.4 Å². The molecule has 2 aromatic heterocycles. The van der Waals surface area contributed by atoms with Crippen LogP contribution in [0.4, 0.5) is 10.1 Å². The van der Waals surface area contributed by atoms with Crippen LogP contribution < -0.4 is 4.74 Å². The first-order valence-corrected chi connectivity index (χ1v) is 8.85. The minimum Gasteiger partial charge on any atom is -0.453 e. The number of hydrogen-bond donors (Lipinski definition) is 1. The summed E-state index contributed by atoms with van der Waals surface area (Å²) in [5.74, 6) is -0.421. The number of alkyl halides is 1. The summed E-state index contributed by atoms with van der Waals surface area (Å²) in [5.41, 5.74) is 1.31. The van der Waals surface area contributed by atoms with Crippen LogP contribution in [0.25, 0.3) is 11.0 Å². The second kappa shape index (κ2) is 8.57. The summed E-state index contributed by atoms with van der Waals surface area (Å²) in [6.45, 7) is 4.00. The van der Waals surface area contributed by atoms with Gasteiger partial charge in [-0.25, -0.2) is 9.37 Å². The highest BCUT2D eigenvalue weighted by molar-refractivity contribution is 9.09. The third kappa shape index (κ3) is 4.14. The average Bonchev–Trinajstić information content (AvgIpc) is 3.03. The number of nitrogens with zero attached hydrogens (tertiary/aromatic N) is 2. The Morgan fingerprint density at radius 1 is 1.32 bits per heavy atom. The van der Waals surface area contributed by atoms with Crippen molar-refractivity contribution in [2.75, 3.05) is 5.33 Å². The predicted molar refractivity (Wildman–Crippen MR) is 98.1 cm³/mol. The van der Waals surface area contributed by atoms with Crippen LogP contribution in [0.3, 0.4) is 0 Å². The van der Waals surface area contributed by atoms with Crippen molar-refractivity contribution in [3.05, 3.63) is 58.2 Å². The number of aromatic nitrogens is 2. The van der Waals surface area contributed by atoms with Gasteiger partial charge in [-0.15, -0.1) is 0 Å². The van der Waals surface area contributed by atoms with Gasteiger partial charge in [-0.2, -0.15) is 0 Å². The number of H-pyrrole nitrogens is 1. The summed E-state index contributed by atoms with van der Waals surface area (Å²) in [5, 5.41) is 12.2. The van der Waals surface area contributed by atoms with Gasteiger partial charge in [0, 0.05) is 23.8 Å². The van der Waals surface area contributed by atoms with E-state index >= 15 is 0 Å². The number of nitro groups is 1. The molecule has 1 aromatic carbocycles. The maximum atomic E-state index is 14.0. The summed E-state index contributed by atoms with van der Waals surface area (Å²) in [4.78, 5) is 17.3. The van der Waals surface area contributed by atoms with E-state index < -0.39 is 10.7 Å². The Morgan fingerprint density at radius 2 is 2.08 bits per heavy atom. The fraction of sp³-hybridized carbons (Fsp3) is 0.235. The lowest BCUT2D eigenvalue weighted by molar-refractivity contribution is -0.385. The Kier molecular flexibility index (Phi) is 6.46. The van der Waals surface area contributed by atoms with Gasteiger partial charge in [0.1, 0.15) is 11.4 Å². The Morgan fingerprint density at radius 3 is 2.72 bits per heavy atom.